The van der Waals surface area contributed by atoms with Gasteiger partial charge in [-0.1, -0.05) is 35.3 Å². The van der Waals surface area contributed by atoms with Crippen molar-refractivity contribution in [2.75, 3.05) is 12.4 Å². The van der Waals surface area contributed by atoms with Crippen LogP contribution in [0.4, 0.5) is 5.69 Å². The van der Waals surface area contributed by atoms with E-state index in [0.717, 1.165) is 16.9 Å². The summed E-state index contributed by atoms with van der Waals surface area (Å²) in [7, 11) is 1.60. The molecule has 0 saturated heterocycles. The SMILES string of the molecule is COc1ccc(-c2csc3ncn(C(C)C(=O)Nc4cc(Cl)cc(Cl)c4)c(=O)c23)cc1. The topological polar surface area (TPSA) is 73.2 Å². The van der Waals surface area contributed by atoms with E-state index >= 15 is 0 Å². The van der Waals surface area contributed by atoms with Crippen LogP contribution in [0.2, 0.25) is 10.0 Å². The predicted octanol–water partition coefficient (Wildman–Crippen LogP) is 5.64. The summed E-state index contributed by atoms with van der Waals surface area (Å²) in [6, 6.07) is 11.4. The van der Waals surface area contributed by atoms with Gasteiger partial charge in [0.05, 0.1) is 18.8 Å². The average molecular weight is 474 g/mol. The van der Waals surface area contributed by atoms with E-state index in [4.69, 9.17) is 27.9 Å². The summed E-state index contributed by atoms with van der Waals surface area (Å²) >= 11 is 13.4. The van der Waals surface area contributed by atoms with Crippen LogP contribution in [0.15, 0.2) is 59.0 Å². The van der Waals surface area contributed by atoms with Gasteiger partial charge >= 0.3 is 0 Å². The molecule has 1 N–H and O–H groups in total. The number of ether oxygens (including phenoxy) is 1. The first-order valence-electron chi connectivity index (χ1n) is 9.27. The van der Waals surface area contributed by atoms with E-state index in [1.54, 1.807) is 32.2 Å². The molecule has 0 bridgehead atoms. The fourth-order valence-corrected chi connectivity index (χ4v) is 4.64. The molecule has 1 amide bonds. The molecular weight excluding hydrogens is 457 g/mol. The van der Waals surface area contributed by atoms with Crippen molar-refractivity contribution in [2.24, 2.45) is 0 Å². The number of fused-ring (bicyclic) bond motifs is 1. The molecule has 0 saturated carbocycles. The van der Waals surface area contributed by atoms with Crippen molar-refractivity contribution < 1.29 is 9.53 Å². The molecule has 4 rings (SSSR count). The third-order valence-electron chi connectivity index (χ3n) is 4.85. The molecule has 1 atom stereocenters. The van der Waals surface area contributed by atoms with Gasteiger partial charge < -0.3 is 10.1 Å². The van der Waals surface area contributed by atoms with E-state index in [1.165, 1.54) is 22.2 Å². The summed E-state index contributed by atoms with van der Waals surface area (Å²) in [5.74, 6) is 0.341. The van der Waals surface area contributed by atoms with Crippen LogP contribution in [0.25, 0.3) is 21.3 Å². The van der Waals surface area contributed by atoms with Gasteiger partial charge in [0.1, 0.15) is 16.6 Å². The number of hydrogen-bond donors (Lipinski definition) is 1. The van der Waals surface area contributed by atoms with E-state index in [-0.39, 0.29) is 11.5 Å². The van der Waals surface area contributed by atoms with Gasteiger partial charge in [-0.15, -0.1) is 11.3 Å². The maximum atomic E-state index is 13.3. The molecule has 1 unspecified atom stereocenters. The average Bonchev–Trinajstić information content (AvgIpc) is 3.18. The molecule has 4 aromatic rings. The molecule has 0 spiro atoms. The van der Waals surface area contributed by atoms with Crippen LogP contribution in [0.3, 0.4) is 0 Å². The molecule has 2 aromatic carbocycles. The Morgan fingerprint density at radius 2 is 1.84 bits per heavy atom. The van der Waals surface area contributed by atoms with Crippen LogP contribution in [0, 0.1) is 0 Å². The molecule has 158 valence electrons. The summed E-state index contributed by atoms with van der Waals surface area (Å²) in [4.78, 5) is 31.1. The number of aromatic nitrogens is 2. The lowest BCUT2D eigenvalue weighted by Gasteiger charge is -2.15. The summed E-state index contributed by atoms with van der Waals surface area (Å²) in [5, 5.41) is 5.91. The second kappa shape index (κ2) is 8.70. The molecular formula is C22H17Cl2N3O3S. The Morgan fingerprint density at radius 1 is 1.16 bits per heavy atom. The minimum absolute atomic E-state index is 0.288. The van der Waals surface area contributed by atoms with Gasteiger partial charge in [0, 0.05) is 26.7 Å². The summed E-state index contributed by atoms with van der Waals surface area (Å²) in [5.41, 5.74) is 1.80. The lowest BCUT2D eigenvalue weighted by Crippen LogP contribution is -2.31. The molecule has 0 aliphatic heterocycles. The number of carbonyl (C=O) groups excluding carboxylic acids is 1. The van der Waals surface area contributed by atoms with E-state index in [1.807, 2.05) is 29.6 Å². The van der Waals surface area contributed by atoms with Gasteiger partial charge in [-0.05, 0) is 42.8 Å². The summed E-state index contributed by atoms with van der Waals surface area (Å²) < 4.78 is 6.52. The van der Waals surface area contributed by atoms with Crippen molar-refractivity contribution in [3.63, 3.8) is 0 Å². The molecule has 9 heteroatoms. The standard InChI is InChI=1S/C22H17Cl2N3O3S/c1-12(20(28)26-16-8-14(23)7-15(24)9-16)27-11-25-21-19(22(27)29)18(10-31-21)13-3-5-17(30-2)6-4-13/h3-12H,1-2H3,(H,26,28). The Kier molecular flexibility index (Phi) is 6.00. The highest BCUT2D eigenvalue weighted by Gasteiger charge is 2.20. The number of methoxy groups -OCH3 is 1. The van der Waals surface area contributed by atoms with E-state index in [9.17, 15) is 9.59 Å². The number of nitrogens with one attached hydrogen (secondary N) is 1. The number of halogens is 2. The fraction of sp³-hybridized carbons (Fsp3) is 0.136. The maximum Gasteiger partial charge on any atom is 0.263 e. The highest BCUT2D eigenvalue weighted by Crippen LogP contribution is 2.32. The van der Waals surface area contributed by atoms with Gasteiger partial charge in [-0.25, -0.2) is 4.98 Å². The third kappa shape index (κ3) is 4.30. The predicted molar refractivity (Wildman–Crippen MR) is 126 cm³/mol. The zero-order chi connectivity index (χ0) is 22.1. The van der Waals surface area contributed by atoms with Crippen molar-refractivity contribution in [1.29, 1.82) is 0 Å². The normalized spacial score (nSPS) is 12.0. The smallest absolute Gasteiger partial charge is 0.263 e. The van der Waals surface area contributed by atoms with E-state index in [2.05, 4.69) is 10.3 Å². The van der Waals surface area contributed by atoms with Crippen LogP contribution in [-0.4, -0.2) is 22.6 Å². The highest BCUT2D eigenvalue weighted by atomic mass is 35.5. The zero-order valence-electron chi connectivity index (χ0n) is 16.6. The van der Waals surface area contributed by atoms with Crippen molar-refractivity contribution in [3.05, 3.63) is 74.6 Å². The highest BCUT2D eigenvalue weighted by molar-refractivity contribution is 7.17. The largest absolute Gasteiger partial charge is 0.497 e. The Balaban J connectivity index is 1.69. The molecule has 0 radical (unpaired) electrons. The minimum Gasteiger partial charge on any atom is -0.497 e. The second-order valence-corrected chi connectivity index (χ2v) is 8.57. The first-order valence-corrected chi connectivity index (χ1v) is 10.9. The quantitative estimate of drug-likeness (QED) is 0.406. The summed E-state index contributed by atoms with van der Waals surface area (Å²) in [6.45, 7) is 1.63. The number of rotatable bonds is 5. The Hall–Kier alpha value is -2.87. The Morgan fingerprint density at radius 3 is 2.48 bits per heavy atom. The number of thiophene rings is 1. The molecule has 0 aliphatic carbocycles. The number of nitrogens with zero attached hydrogens (tertiary/aromatic N) is 2. The van der Waals surface area contributed by atoms with Gasteiger partial charge in [0.2, 0.25) is 5.91 Å². The maximum absolute atomic E-state index is 13.3. The van der Waals surface area contributed by atoms with Crippen LogP contribution >= 0.6 is 34.5 Å². The van der Waals surface area contributed by atoms with Crippen LogP contribution < -0.4 is 15.6 Å². The second-order valence-electron chi connectivity index (χ2n) is 6.84. The van der Waals surface area contributed by atoms with Crippen molar-refractivity contribution in [3.8, 4) is 16.9 Å². The zero-order valence-corrected chi connectivity index (χ0v) is 18.9. The van der Waals surface area contributed by atoms with Crippen LogP contribution in [0.5, 0.6) is 5.75 Å². The van der Waals surface area contributed by atoms with E-state index < -0.39 is 6.04 Å². The molecule has 31 heavy (non-hydrogen) atoms. The third-order valence-corrected chi connectivity index (χ3v) is 6.17. The van der Waals surface area contributed by atoms with Gasteiger partial charge in [0.25, 0.3) is 5.56 Å². The van der Waals surface area contributed by atoms with Crippen LogP contribution in [-0.2, 0) is 4.79 Å². The summed E-state index contributed by atoms with van der Waals surface area (Å²) in [6.07, 6.45) is 1.40. The van der Waals surface area contributed by atoms with Gasteiger partial charge in [-0.3, -0.25) is 14.2 Å². The number of benzene rings is 2. The minimum atomic E-state index is -0.800. The van der Waals surface area contributed by atoms with E-state index in [0.29, 0.717) is 25.9 Å². The Labute approximate surface area is 192 Å². The number of hydrogen-bond acceptors (Lipinski definition) is 5. The van der Waals surface area contributed by atoms with Crippen LogP contribution in [0.1, 0.15) is 13.0 Å². The van der Waals surface area contributed by atoms with Gasteiger partial charge in [0.15, 0.2) is 0 Å². The molecule has 0 fully saturated rings. The lowest BCUT2D eigenvalue weighted by molar-refractivity contribution is -0.118. The molecule has 2 aromatic heterocycles. The first-order chi connectivity index (χ1) is 14.9. The number of amides is 1. The molecule has 2 heterocycles. The lowest BCUT2D eigenvalue weighted by atomic mass is 10.1. The van der Waals surface area contributed by atoms with Crippen molar-refractivity contribution in [1.82, 2.24) is 9.55 Å². The molecule has 6 nitrogen and oxygen atoms in total. The monoisotopic (exact) mass is 473 g/mol. The molecule has 0 aliphatic rings. The van der Waals surface area contributed by atoms with Gasteiger partial charge in [-0.2, -0.15) is 0 Å². The van der Waals surface area contributed by atoms with Crippen molar-refractivity contribution in [2.45, 2.75) is 13.0 Å². The Bertz CT molecular complexity index is 1310. The fourth-order valence-electron chi connectivity index (χ4n) is 3.20. The number of carbonyl (C=O) groups is 1. The first kappa shape index (κ1) is 21.4. The number of anilines is 1. The van der Waals surface area contributed by atoms with Crippen molar-refractivity contribution >= 4 is 56.3 Å².